The topological polar surface area (TPSA) is 77.1 Å². The highest BCUT2D eigenvalue weighted by Gasteiger charge is 2.48. The largest absolute Gasteiger partial charge is 0.385 e. The van der Waals surface area contributed by atoms with E-state index >= 15 is 0 Å². The van der Waals surface area contributed by atoms with Crippen molar-refractivity contribution in [2.75, 3.05) is 64.4 Å². The van der Waals surface area contributed by atoms with Gasteiger partial charge in [0.15, 0.2) is 0 Å². The number of nitrogens with one attached hydrogen (secondary N) is 2. The Morgan fingerprint density at radius 1 is 1.20 bits per heavy atom. The van der Waals surface area contributed by atoms with Crippen LogP contribution in [0.2, 0.25) is 5.02 Å². The van der Waals surface area contributed by atoms with Gasteiger partial charge < -0.3 is 19.4 Å². The second-order valence-corrected chi connectivity index (χ2v) is 8.65. The van der Waals surface area contributed by atoms with Gasteiger partial charge in [0.05, 0.1) is 28.6 Å². The summed E-state index contributed by atoms with van der Waals surface area (Å²) in [6, 6.07) is 7.67. The van der Waals surface area contributed by atoms with Crippen molar-refractivity contribution < 1.29 is 14.3 Å². The van der Waals surface area contributed by atoms with Gasteiger partial charge in [-0.2, -0.15) is 0 Å². The van der Waals surface area contributed by atoms with Crippen molar-refractivity contribution in [1.82, 2.24) is 20.7 Å². The summed E-state index contributed by atoms with van der Waals surface area (Å²) in [5.41, 5.74) is 6.83. The Kier molecular flexibility index (Phi) is 6.77. The van der Waals surface area contributed by atoms with Crippen LogP contribution in [-0.2, 0) is 14.3 Å². The lowest BCUT2D eigenvalue weighted by molar-refractivity contribution is -0.140. The molecule has 1 aromatic carbocycles. The minimum Gasteiger partial charge on any atom is -0.385 e. The van der Waals surface area contributed by atoms with Gasteiger partial charge >= 0.3 is 0 Å². The fourth-order valence-corrected chi connectivity index (χ4v) is 5.05. The molecule has 3 unspecified atom stereocenters. The molecule has 9 heteroatoms. The molecule has 8 nitrogen and oxygen atoms in total. The van der Waals surface area contributed by atoms with E-state index in [2.05, 4.69) is 20.7 Å². The second-order valence-electron chi connectivity index (χ2n) is 8.24. The number of amides is 2. The molecule has 3 fully saturated rings. The Hall–Kier alpha value is -1.87. The van der Waals surface area contributed by atoms with Crippen molar-refractivity contribution in [2.24, 2.45) is 11.8 Å². The lowest BCUT2D eigenvalue weighted by Crippen LogP contribution is -2.59. The number of rotatable bonds is 6. The first-order chi connectivity index (χ1) is 14.6. The summed E-state index contributed by atoms with van der Waals surface area (Å²) in [5.74, 6) is -0.321. The SMILES string of the molecule is COCCCN1CC2C(=O)NNC2C(C(=O)N2CCN(c3ccccc3Cl)CC2)C1. The van der Waals surface area contributed by atoms with Gasteiger partial charge in [-0.1, -0.05) is 23.7 Å². The molecule has 3 aliphatic rings. The van der Waals surface area contributed by atoms with E-state index in [1.807, 2.05) is 29.2 Å². The lowest BCUT2D eigenvalue weighted by atomic mass is 9.83. The normalized spacial score (nSPS) is 27.1. The van der Waals surface area contributed by atoms with Crippen molar-refractivity contribution in [3.05, 3.63) is 29.3 Å². The van der Waals surface area contributed by atoms with Gasteiger partial charge in [-0.3, -0.25) is 15.0 Å². The summed E-state index contributed by atoms with van der Waals surface area (Å²) >= 11 is 6.34. The number of anilines is 1. The molecular weight excluding hydrogens is 406 g/mol. The summed E-state index contributed by atoms with van der Waals surface area (Å²) in [4.78, 5) is 32.1. The standard InChI is InChI=1S/C21H30ClN5O3/c1-30-12-4-7-25-13-15-19(23-24-20(15)28)16(14-25)21(29)27-10-8-26(9-11-27)18-6-3-2-5-17(18)22/h2-3,5-6,15-16,19,23H,4,7-14H2,1H3,(H,24,28). The summed E-state index contributed by atoms with van der Waals surface area (Å²) in [6.45, 7) is 5.66. The number of ether oxygens (including phenoxy) is 1. The fourth-order valence-electron chi connectivity index (χ4n) is 4.79. The van der Waals surface area contributed by atoms with E-state index in [1.54, 1.807) is 7.11 Å². The zero-order valence-corrected chi connectivity index (χ0v) is 18.1. The Labute approximate surface area is 182 Å². The van der Waals surface area contributed by atoms with Crippen molar-refractivity contribution >= 4 is 29.1 Å². The minimum atomic E-state index is -0.239. The molecule has 2 N–H and O–H groups in total. The van der Waals surface area contributed by atoms with Gasteiger partial charge in [-0.05, 0) is 18.6 Å². The molecule has 1 aromatic rings. The molecule has 2 amide bonds. The predicted octanol–water partition coefficient (Wildman–Crippen LogP) is 0.576. The number of carbonyl (C=O) groups excluding carboxylic acids is 2. The summed E-state index contributed by atoms with van der Waals surface area (Å²) < 4.78 is 5.16. The van der Waals surface area contributed by atoms with Crippen LogP contribution >= 0.6 is 11.6 Å². The van der Waals surface area contributed by atoms with Crippen LogP contribution in [0, 0.1) is 11.8 Å². The van der Waals surface area contributed by atoms with Crippen LogP contribution in [0.3, 0.4) is 0 Å². The molecule has 3 atom stereocenters. The van der Waals surface area contributed by atoms with Crippen LogP contribution in [0.1, 0.15) is 6.42 Å². The number of carbonyl (C=O) groups is 2. The summed E-state index contributed by atoms with van der Waals surface area (Å²) in [6.07, 6.45) is 0.889. The van der Waals surface area contributed by atoms with Crippen molar-refractivity contribution in [2.45, 2.75) is 12.5 Å². The van der Waals surface area contributed by atoms with E-state index in [1.165, 1.54) is 0 Å². The number of nitrogens with zero attached hydrogens (tertiary/aromatic N) is 3. The molecule has 0 spiro atoms. The van der Waals surface area contributed by atoms with E-state index in [-0.39, 0.29) is 29.7 Å². The molecule has 4 rings (SSSR count). The van der Waals surface area contributed by atoms with E-state index < -0.39 is 0 Å². The van der Waals surface area contributed by atoms with Gasteiger partial charge in [-0.15, -0.1) is 0 Å². The van der Waals surface area contributed by atoms with E-state index in [0.29, 0.717) is 32.8 Å². The molecule has 3 heterocycles. The Bertz CT molecular complexity index is 771. The van der Waals surface area contributed by atoms with Crippen molar-refractivity contribution in [3.63, 3.8) is 0 Å². The van der Waals surface area contributed by atoms with Gasteiger partial charge in [0, 0.05) is 59.5 Å². The van der Waals surface area contributed by atoms with Crippen LogP contribution in [0.4, 0.5) is 5.69 Å². The summed E-state index contributed by atoms with van der Waals surface area (Å²) in [5, 5.41) is 0.735. The van der Waals surface area contributed by atoms with E-state index in [4.69, 9.17) is 16.3 Å². The molecule has 164 valence electrons. The zero-order chi connectivity index (χ0) is 21.1. The van der Waals surface area contributed by atoms with E-state index in [0.717, 1.165) is 36.8 Å². The molecule has 30 heavy (non-hydrogen) atoms. The second kappa shape index (κ2) is 9.51. The molecular formula is C21H30ClN5O3. The Morgan fingerprint density at radius 3 is 2.70 bits per heavy atom. The number of halogens is 1. The number of hydrogen-bond acceptors (Lipinski definition) is 6. The van der Waals surface area contributed by atoms with Crippen molar-refractivity contribution in [1.29, 1.82) is 0 Å². The quantitative estimate of drug-likeness (QED) is 0.636. The number of hydrogen-bond donors (Lipinski definition) is 2. The smallest absolute Gasteiger partial charge is 0.240 e. The molecule has 0 bridgehead atoms. The van der Waals surface area contributed by atoms with Crippen LogP contribution in [0.25, 0.3) is 0 Å². The average molecular weight is 436 g/mol. The molecule has 3 saturated heterocycles. The average Bonchev–Trinajstić information content (AvgIpc) is 3.14. The van der Waals surface area contributed by atoms with Crippen LogP contribution < -0.4 is 15.8 Å². The first-order valence-corrected chi connectivity index (χ1v) is 11.0. The van der Waals surface area contributed by atoms with Gasteiger partial charge in [0.1, 0.15) is 0 Å². The number of hydrazine groups is 1. The Morgan fingerprint density at radius 2 is 1.97 bits per heavy atom. The maximum atomic E-state index is 13.4. The number of para-hydroxylation sites is 1. The summed E-state index contributed by atoms with van der Waals surface area (Å²) in [7, 11) is 1.69. The third-order valence-corrected chi connectivity index (χ3v) is 6.72. The highest BCUT2D eigenvalue weighted by Crippen LogP contribution is 2.29. The van der Waals surface area contributed by atoms with Gasteiger partial charge in [0.25, 0.3) is 0 Å². The lowest BCUT2D eigenvalue weighted by Gasteiger charge is -2.42. The third-order valence-electron chi connectivity index (χ3n) is 6.40. The zero-order valence-electron chi connectivity index (χ0n) is 17.3. The van der Waals surface area contributed by atoms with E-state index in [9.17, 15) is 9.59 Å². The molecule has 0 radical (unpaired) electrons. The molecule has 0 aliphatic carbocycles. The van der Waals surface area contributed by atoms with Gasteiger partial charge in [-0.25, -0.2) is 5.43 Å². The number of fused-ring (bicyclic) bond motifs is 1. The monoisotopic (exact) mass is 435 g/mol. The number of likely N-dealkylation sites (tertiary alicyclic amines) is 1. The minimum absolute atomic E-state index is 0.0159. The first kappa shape index (κ1) is 21.4. The maximum absolute atomic E-state index is 13.4. The fraction of sp³-hybridized carbons (Fsp3) is 0.619. The number of piperazine rings is 1. The first-order valence-electron chi connectivity index (χ1n) is 10.6. The maximum Gasteiger partial charge on any atom is 0.240 e. The number of piperidine rings is 1. The number of methoxy groups -OCH3 is 1. The molecule has 3 aliphatic heterocycles. The Balaban J connectivity index is 1.40. The number of benzene rings is 1. The highest BCUT2D eigenvalue weighted by molar-refractivity contribution is 6.33. The molecule has 0 saturated carbocycles. The molecule has 0 aromatic heterocycles. The van der Waals surface area contributed by atoms with Crippen LogP contribution in [0.5, 0.6) is 0 Å². The van der Waals surface area contributed by atoms with Crippen LogP contribution in [0.15, 0.2) is 24.3 Å². The third kappa shape index (κ3) is 4.42. The van der Waals surface area contributed by atoms with Crippen molar-refractivity contribution in [3.8, 4) is 0 Å². The van der Waals surface area contributed by atoms with Crippen LogP contribution in [-0.4, -0.2) is 87.2 Å². The van der Waals surface area contributed by atoms with Gasteiger partial charge in [0.2, 0.25) is 11.8 Å². The predicted molar refractivity (Wildman–Crippen MR) is 115 cm³/mol. The highest BCUT2D eigenvalue weighted by atomic mass is 35.5.